The quantitative estimate of drug-likeness (QED) is 0.347. The first kappa shape index (κ1) is 21.3. The van der Waals surface area contributed by atoms with Crippen molar-refractivity contribution in [1.29, 1.82) is 0 Å². The number of hydrogen-bond donors (Lipinski definition) is 1. The molecule has 4 aliphatic rings. The third-order valence-electron chi connectivity index (χ3n) is 10.3. The lowest BCUT2D eigenvalue weighted by Gasteiger charge is -2.58. The van der Waals surface area contributed by atoms with Crippen LogP contribution in [-0.4, -0.2) is 5.25 Å². The van der Waals surface area contributed by atoms with Crippen molar-refractivity contribution in [3.05, 3.63) is 11.6 Å². The molecule has 1 heteroatoms. The van der Waals surface area contributed by atoms with E-state index in [0.29, 0.717) is 16.1 Å². The van der Waals surface area contributed by atoms with Crippen molar-refractivity contribution in [3.8, 4) is 0 Å². The molecule has 0 aromatic heterocycles. The van der Waals surface area contributed by atoms with Crippen LogP contribution in [0.3, 0.4) is 0 Å². The van der Waals surface area contributed by atoms with Crippen molar-refractivity contribution < 1.29 is 0 Å². The Bertz CT molecular complexity index is 591. The lowest BCUT2D eigenvalue weighted by Crippen LogP contribution is -2.50. The SMILES string of the molecule is CC(C)CCC[C@@H](C)[C@@H]1CC[C@H]2[C@H]3CC=C4C[C@@H](S)CC[C@]4(C)[C@@H]3CC[C@@]21C. The van der Waals surface area contributed by atoms with Crippen LogP contribution in [0.4, 0.5) is 0 Å². The molecule has 0 nitrogen and oxygen atoms in total. The van der Waals surface area contributed by atoms with E-state index in [-0.39, 0.29) is 0 Å². The van der Waals surface area contributed by atoms with Crippen molar-refractivity contribution in [3.63, 3.8) is 0 Å². The lowest BCUT2D eigenvalue weighted by molar-refractivity contribution is -0.0497. The van der Waals surface area contributed by atoms with Crippen molar-refractivity contribution in [2.45, 2.75) is 110 Å². The predicted molar refractivity (Wildman–Crippen MR) is 126 cm³/mol. The van der Waals surface area contributed by atoms with E-state index in [1.165, 1.54) is 70.6 Å². The van der Waals surface area contributed by atoms with Gasteiger partial charge in [-0.25, -0.2) is 0 Å². The fourth-order valence-electron chi connectivity index (χ4n) is 8.67. The van der Waals surface area contributed by atoms with Crippen molar-refractivity contribution >= 4 is 12.6 Å². The van der Waals surface area contributed by atoms with Gasteiger partial charge in [0.2, 0.25) is 0 Å². The Morgan fingerprint density at radius 3 is 2.54 bits per heavy atom. The summed E-state index contributed by atoms with van der Waals surface area (Å²) < 4.78 is 0. The van der Waals surface area contributed by atoms with Crippen LogP contribution >= 0.6 is 12.6 Å². The molecule has 8 atom stereocenters. The summed E-state index contributed by atoms with van der Waals surface area (Å²) in [5.74, 6) is 5.70. The van der Waals surface area contributed by atoms with Crippen LogP contribution < -0.4 is 0 Å². The molecule has 0 saturated heterocycles. The second-order valence-corrected chi connectivity index (χ2v) is 12.9. The highest BCUT2D eigenvalue weighted by atomic mass is 32.1. The molecule has 3 fully saturated rings. The van der Waals surface area contributed by atoms with E-state index in [0.717, 1.165) is 35.5 Å². The molecule has 0 spiro atoms. The fourth-order valence-corrected chi connectivity index (χ4v) is 8.99. The van der Waals surface area contributed by atoms with Crippen LogP contribution in [0, 0.1) is 46.3 Å². The number of fused-ring (bicyclic) bond motifs is 5. The van der Waals surface area contributed by atoms with Crippen LogP contribution in [0.15, 0.2) is 11.6 Å². The largest absolute Gasteiger partial charge is 0.176 e. The van der Waals surface area contributed by atoms with E-state index < -0.39 is 0 Å². The Kier molecular flexibility index (Phi) is 6.07. The summed E-state index contributed by atoms with van der Waals surface area (Å²) in [7, 11) is 0. The smallest absolute Gasteiger partial charge is 0.00545 e. The second kappa shape index (κ2) is 7.97. The van der Waals surface area contributed by atoms with Gasteiger partial charge in [-0.15, -0.1) is 0 Å². The molecule has 0 N–H and O–H groups in total. The Hall–Kier alpha value is 0.0900. The van der Waals surface area contributed by atoms with Crippen LogP contribution in [0.2, 0.25) is 0 Å². The zero-order valence-corrected chi connectivity index (χ0v) is 20.2. The van der Waals surface area contributed by atoms with Crippen LogP contribution in [0.5, 0.6) is 0 Å². The van der Waals surface area contributed by atoms with Crippen molar-refractivity contribution in [2.24, 2.45) is 46.3 Å². The Morgan fingerprint density at radius 1 is 1.00 bits per heavy atom. The molecule has 0 bridgehead atoms. The van der Waals surface area contributed by atoms with Gasteiger partial charge in [0.1, 0.15) is 0 Å². The lowest BCUT2D eigenvalue weighted by atomic mass is 9.47. The highest BCUT2D eigenvalue weighted by Gasteiger charge is 2.58. The van der Waals surface area contributed by atoms with Gasteiger partial charge in [-0.1, -0.05) is 65.5 Å². The highest BCUT2D eigenvalue weighted by Crippen LogP contribution is 2.67. The molecule has 3 saturated carbocycles. The van der Waals surface area contributed by atoms with E-state index in [2.05, 4.69) is 40.7 Å². The van der Waals surface area contributed by atoms with Gasteiger partial charge in [0.15, 0.2) is 0 Å². The Morgan fingerprint density at radius 2 is 1.79 bits per heavy atom. The van der Waals surface area contributed by atoms with E-state index in [9.17, 15) is 0 Å². The zero-order valence-electron chi connectivity index (χ0n) is 19.3. The van der Waals surface area contributed by atoms with Crippen molar-refractivity contribution in [1.82, 2.24) is 0 Å². The van der Waals surface area contributed by atoms with E-state index in [1.54, 1.807) is 5.57 Å². The number of rotatable bonds is 5. The van der Waals surface area contributed by atoms with E-state index >= 15 is 0 Å². The Labute approximate surface area is 181 Å². The second-order valence-electron chi connectivity index (χ2n) is 12.2. The molecule has 0 aliphatic heterocycles. The third-order valence-corrected chi connectivity index (χ3v) is 10.7. The molecular weight excluding hydrogens is 356 g/mol. The molecular formula is C27H46S. The van der Waals surface area contributed by atoms with Gasteiger partial charge in [-0.2, -0.15) is 12.6 Å². The maximum absolute atomic E-state index is 4.84. The van der Waals surface area contributed by atoms with Gasteiger partial charge in [0, 0.05) is 5.25 Å². The maximum Gasteiger partial charge on any atom is 0.00545 e. The molecule has 0 radical (unpaired) electrons. The first-order chi connectivity index (χ1) is 13.3. The monoisotopic (exact) mass is 402 g/mol. The van der Waals surface area contributed by atoms with Gasteiger partial charge in [0.25, 0.3) is 0 Å². The predicted octanol–water partition coefficient (Wildman–Crippen LogP) is 8.33. The molecule has 0 aromatic rings. The molecule has 0 heterocycles. The minimum Gasteiger partial charge on any atom is -0.176 e. The number of hydrogen-bond acceptors (Lipinski definition) is 1. The first-order valence-electron chi connectivity index (χ1n) is 12.6. The van der Waals surface area contributed by atoms with Crippen LogP contribution in [-0.2, 0) is 0 Å². The third kappa shape index (κ3) is 3.54. The van der Waals surface area contributed by atoms with Crippen LogP contribution in [0.1, 0.15) is 105 Å². The summed E-state index contributed by atoms with van der Waals surface area (Å²) in [6.45, 7) is 12.7. The van der Waals surface area contributed by atoms with Gasteiger partial charge in [0.05, 0.1) is 0 Å². The molecule has 0 unspecified atom stereocenters. The summed E-state index contributed by atoms with van der Waals surface area (Å²) in [6, 6.07) is 0. The van der Waals surface area contributed by atoms with E-state index in [1.807, 2.05) is 0 Å². The van der Waals surface area contributed by atoms with E-state index in [4.69, 9.17) is 12.6 Å². The summed E-state index contributed by atoms with van der Waals surface area (Å²) in [4.78, 5) is 0. The molecule has 4 rings (SSSR count). The molecule has 0 amide bonds. The van der Waals surface area contributed by atoms with Crippen LogP contribution in [0.25, 0.3) is 0 Å². The summed E-state index contributed by atoms with van der Waals surface area (Å²) in [5, 5.41) is 0.618. The normalized spacial score (nSPS) is 46.5. The van der Waals surface area contributed by atoms with Crippen molar-refractivity contribution in [2.75, 3.05) is 0 Å². The van der Waals surface area contributed by atoms with Gasteiger partial charge < -0.3 is 0 Å². The van der Waals surface area contributed by atoms with Gasteiger partial charge in [-0.3, -0.25) is 0 Å². The molecule has 0 aromatic carbocycles. The zero-order chi connectivity index (χ0) is 20.1. The average molecular weight is 403 g/mol. The minimum absolute atomic E-state index is 0.504. The average Bonchev–Trinajstić information content (AvgIpc) is 2.99. The highest BCUT2D eigenvalue weighted by molar-refractivity contribution is 7.80. The van der Waals surface area contributed by atoms with Gasteiger partial charge in [-0.05, 0) is 97.7 Å². The number of allylic oxidation sites excluding steroid dienone is 2. The molecule has 4 aliphatic carbocycles. The minimum atomic E-state index is 0.504. The maximum atomic E-state index is 4.84. The number of thiol groups is 1. The summed E-state index contributed by atoms with van der Waals surface area (Å²) in [6.07, 6.45) is 18.4. The first-order valence-corrected chi connectivity index (χ1v) is 13.1. The fraction of sp³-hybridized carbons (Fsp3) is 0.926. The standard InChI is InChI=1S/C27H46S/c1-18(2)7-6-8-19(3)23-11-12-24-22-10-9-20-17-21(28)13-15-26(20,4)25(22)14-16-27(23,24)5/h9,18-19,21-25,28H,6-8,10-17H2,1-5H3/t19-,21+,22-,23+,24+,25-,26+,27-/m1/s1. The summed E-state index contributed by atoms with van der Waals surface area (Å²) >= 11 is 4.84. The molecule has 28 heavy (non-hydrogen) atoms. The topological polar surface area (TPSA) is 0 Å². The van der Waals surface area contributed by atoms with Gasteiger partial charge >= 0.3 is 0 Å². The summed E-state index contributed by atoms with van der Waals surface area (Å²) in [5.41, 5.74) is 2.92. The molecule has 160 valence electrons. The Balaban J connectivity index is 1.49.